The highest BCUT2D eigenvalue weighted by atomic mass is 32.2. The van der Waals surface area contributed by atoms with Gasteiger partial charge in [0, 0.05) is 18.2 Å². The van der Waals surface area contributed by atoms with Crippen molar-refractivity contribution in [1.29, 1.82) is 0 Å². The SMILES string of the molecule is CC(=O)SC(Cc1cccs1)C(=O)NC1CCSC2CCCC(C(=O)O)N2C1=O. The van der Waals surface area contributed by atoms with Gasteiger partial charge in [-0.05, 0) is 42.9 Å². The van der Waals surface area contributed by atoms with E-state index < -0.39 is 23.3 Å². The van der Waals surface area contributed by atoms with Crippen LogP contribution in [0.1, 0.15) is 37.5 Å². The first kappa shape index (κ1) is 22.2. The fourth-order valence-electron chi connectivity index (χ4n) is 3.69. The summed E-state index contributed by atoms with van der Waals surface area (Å²) in [5.74, 6) is -1.02. The molecule has 2 amide bonds. The number of hydrogen-bond donors (Lipinski definition) is 2. The van der Waals surface area contributed by atoms with E-state index in [-0.39, 0.29) is 22.3 Å². The number of thioether (sulfide) groups is 2. The number of carboxylic acid groups (broad SMARTS) is 1. The van der Waals surface area contributed by atoms with E-state index in [2.05, 4.69) is 5.32 Å². The number of fused-ring (bicyclic) bond motifs is 1. The van der Waals surface area contributed by atoms with E-state index in [1.165, 1.54) is 23.2 Å². The zero-order chi connectivity index (χ0) is 21.0. The third-order valence-electron chi connectivity index (χ3n) is 5.01. The predicted octanol–water partition coefficient (Wildman–Crippen LogP) is 2.35. The second-order valence-electron chi connectivity index (χ2n) is 7.09. The molecule has 3 heterocycles. The Labute approximate surface area is 182 Å². The average Bonchev–Trinajstić information content (AvgIpc) is 3.13. The number of carbonyl (C=O) groups excluding carboxylic acids is 3. The molecule has 0 saturated carbocycles. The standard InChI is InChI=1S/C19H24N2O5S3/c1-11(22)29-15(10-12-4-3-8-27-12)17(23)20-13-7-9-28-16-6-2-5-14(19(25)26)21(16)18(13)24/h3-4,8,13-16H,2,5-7,9-10H2,1H3,(H,20,23)(H,25,26). The van der Waals surface area contributed by atoms with Crippen LogP contribution in [0.5, 0.6) is 0 Å². The maximum Gasteiger partial charge on any atom is 0.326 e. The van der Waals surface area contributed by atoms with Crippen LogP contribution in [-0.2, 0) is 25.6 Å². The Kier molecular flexibility index (Phi) is 7.64. The molecule has 0 aromatic carbocycles. The van der Waals surface area contributed by atoms with Crippen molar-refractivity contribution in [3.8, 4) is 0 Å². The summed E-state index contributed by atoms with van der Waals surface area (Å²) < 4.78 is 0. The first-order chi connectivity index (χ1) is 13.9. The highest BCUT2D eigenvalue weighted by molar-refractivity contribution is 8.14. The topological polar surface area (TPSA) is 104 Å². The lowest BCUT2D eigenvalue weighted by Crippen LogP contribution is -2.57. The molecule has 4 atom stereocenters. The number of amides is 2. The van der Waals surface area contributed by atoms with Gasteiger partial charge in [0.1, 0.15) is 12.1 Å². The van der Waals surface area contributed by atoms with Gasteiger partial charge in [-0.25, -0.2) is 4.79 Å². The summed E-state index contributed by atoms with van der Waals surface area (Å²) in [6, 6.07) is 2.19. The predicted molar refractivity (Wildman–Crippen MR) is 115 cm³/mol. The molecule has 0 bridgehead atoms. The maximum atomic E-state index is 13.2. The minimum atomic E-state index is -1.00. The lowest BCUT2D eigenvalue weighted by Gasteiger charge is -2.39. The Bertz CT molecular complexity index is 770. The molecule has 10 heteroatoms. The molecular formula is C19H24N2O5S3. The molecule has 158 valence electrons. The summed E-state index contributed by atoms with van der Waals surface area (Å²) in [7, 11) is 0. The Morgan fingerprint density at radius 2 is 2.14 bits per heavy atom. The van der Waals surface area contributed by atoms with Gasteiger partial charge in [0.2, 0.25) is 11.8 Å². The molecule has 2 saturated heterocycles. The van der Waals surface area contributed by atoms with E-state index in [1.807, 2.05) is 17.5 Å². The van der Waals surface area contributed by atoms with E-state index in [0.717, 1.165) is 29.5 Å². The number of thiophene rings is 1. The molecule has 29 heavy (non-hydrogen) atoms. The second kappa shape index (κ2) is 9.99. The Morgan fingerprint density at radius 1 is 1.34 bits per heavy atom. The van der Waals surface area contributed by atoms with Gasteiger partial charge in [-0.1, -0.05) is 17.8 Å². The van der Waals surface area contributed by atoms with E-state index >= 15 is 0 Å². The number of hydrogen-bond acceptors (Lipinski definition) is 7. The van der Waals surface area contributed by atoms with Crippen LogP contribution in [0.3, 0.4) is 0 Å². The van der Waals surface area contributed by atoms with Crippen LogP contribution in [0.25, 0.3) is 0 Å². The highest BCUT2D eigenvalue weighted by Gasteiger charge is 2.43. The van der Waals surface area contributed by atoms with Gasteiger partial charge >= 0.3 is 5.97 Å². The molecule has 2 N–H and O–H groups in total. The molecule has 2 fully saturated rings. The first-order valence-corrected chi connectivity index (χ1v) is 12.3. The van der Waals surface area contributed by atoms with Gasteiger partial charge in [0.25, 0.3) is 0 Å². The van der Waals surface area contributed by atoms with Crippen LogP contribution >= 0.6 is 34.9 Å². The number of rotatable bonds is 6. The van der Waals surface area contributed by atoms with Gasteiger partial charge in [-0.15, -0.1) is 23.1 Å². The molecule has 1 aromatic heterocycles. The van der Waals surface area contributed by atoms with Crippen LogP contribution in [-0.4, -0.2) is 61.4 Å². The highest BCUT2D eigenvalue weighted by Crippen LogP contribution is 2.34. The maximum absolute atomic E-state index is 13.2. The summed E-state index contributed by atoms with van der Waals surface area (Å²) in [6.45, 7) is 1.42. The quantitative estimate of drug-likeness (QED) is 0.677. The zero-order valence-corrected chi connectivity index (χ0v) is 18.5. The zero-order valence-electron chi connectivity index (χ0n) is 16.0. The molecule has 2 aliphatic heterocycles. The summed E-state index contributed by atoms with van der Waals surface area (Å²) in [6.07, 6.45) is 2.83. The van der Waals surface area contributed by atoms with E-state index in [0.29, 0.717) is 25.0 Å². The molecule has 2 aliphatic rings. The molecule has 0 radical (unpaired) electrons. The van der Waals surface area contributed by atoms with Crippen molar-refractivity contribution in [3.63, 3.8) is 0 Å². The van der Waals surface area contributed by atoms with Crippen LogP contribution in [0.2, 0.25) is 0 Å². The van der Waals surface area contributed by atoms with Crippen molar-refractivity contribution in [2.75, 3.05) is 5.75 Å². The lowest BCUT2D eigenvalue weighted by molar-refractivity contribution is -0.154. The molecule has 0 aliphatic carbocycles. The molecule has 7 nitrogen and oxygen atoms in total. The number of carbonyl (C=O) groups is 4. The number of nitrogens with zero attached hydrogens (tertiary/aromatic N) is 1. The van der Waals surface area contributed by atoms with Crippen molar-refractivity contribution in [3.05, 3.63) is 22.4 Å². The van der Waals surface area contributed by atoms with Gasteiger partial charge < -0.3 is 15.3 Å². The smallest absolute Gasteiger partial charge is 0.326 e. The van der Waals surface area contributed by atoms with Crippen LogP contribution in [0.15, 0.2) is 17.5 Å². The summed E-state index contributed by atoms with van der Waals surface area (Å²) in [5.41, 5.74) is 0. The molecule has 3 rings (SSSR count). The molecule has 1 aromatic rings. The Hall–Kier alpha value is -1.52. The van der Waals surface area contributed by atoms with Gasteiger partial charge in [-0.3, -0.25) is 14.4 Å². The van der Waals surface area contributed by atoms with Crippen LogP contribution in [0, 0.1) is 0 Å². The average molecular weight is 457 g/mol. The van der Waals surface area contributed by atoms with Crippen molar-refractivity contribution < 1.29 is 24.3 Å². The minimum absolute atomic E-state index is 0.159. The number of nitrogens with one attached hydrogen (secondary N) is 1. The van der Waals surface area contributed by atoms with Crippen LogP contribution < -0.4 is 5.32 Å². The van der Waals surface area contributed by atoms with E-state index in [9.17, 15) is 24.3 Å². The van der Waals surface area contributed by atoms with E-state index in [1.54, 1.807) is 11.8 Å². The first-order valence-electron chi connectivity index (χ1n) is 9.53. The van der Waals surface area contributed by atoms with Crippen molar-refractivity contribution >= 4 is 57.8 Å². The van der Waals surface area contributed by atoms with Gasteiger partial charge in [0.15, 0.2) is 5.12 Å². The van der Waals surface area contributed by atoms with E-state index in [4.69, 9.17) is 0 Å². The summed E-state index contributed by atoms with van der Waals surface area (Å²) >= 11 is 4.06. The van der Waals surface area contributed by atoms with Gasteiger partial charge in [0.05, 0.1) is 10.6 Å². The number of aliphatic carboxylic acids is 1. The minimum Gasteiger partial charge on any atom is -0.480 e. The van der Waals surface area contributed by atoms with Crippen LogP contribution in [0.4, 0.5) is 0 Å². The monoisotopic (exact) mass is 456 g/mol. The molecule has 4 unspecified atom stereocenters. The normalized spacial score (nSPS) is 25.6. The fourth-order valence-corrected chi connectivity index (χ4v) is 6.77. The molecule has 0 spiro atoms. The third-order valence-corrected chi connectivity index (χ3v) is 8.23. The Morgan fingerprint density at radius 3 is 2.79 bits per heavy atom. The van der Waals surface area contributed by atoms with Crippen molar-refractivity contribution in [2.45, 2.75) is 61.7 Å². The number of piperidine rings is 1. The van der Waals surface area contributed by atoms with Crippen molar-refractivity contribution in [1.82, 2.24) is 10.2 Å². The summed E-state index contributed by atoms with van der Waals surface area (Å²) in [5, 5.41) is 13.3. The largest absolute Gasteiger partial charge is 0.480 e. The summed E-state index contributed by atoms with van der Waals surface area (Å²) in [4.78, 5) is 51.9. The van der Waals surface area contributed by atoms with Crippen molar-refractivity contribution in [2.24, 2.45) is 0 Å². The molecular weight excluding hydrogens is 432 g/mol. The Balaban J connectivity index is 1.74. The number of carboxylic acids is 1. The van der Waals surface area contributed by atoms with Gasteiger partial charge in [-0.2, -0.15) is 0 Å². The second-order valence-corrected chi connectivity index (χ2v) is 10.8. The fraction of sp³-hybridized carbons (Fsp3) is 0.579. The third kappa shape index (κ3) is 5.55. The lowest BCUT2D eigenvalue weighted by atomic mass is 10.00.